The van der Waals surface area contributed by atoms with E-state index in [9.17, 15) is 9.60 Å². The van der Waals surface area contributed by atoms with Gasteiger partial charge in [0.15, 0.2) is 5.84 Å². The Morgan fingerprint density at radius 2 is 2.21 bits per heavy atom. The van der Waals surface area contributed by atoms with E-state index in [0.29, 0.717) is 22.8 Å². The molecule has 1 atom stereocenters. The maximum absolute atomic E-state index is 13.7. The fraction of sp³-hybridized carbons (Fsp3) is 0.333. The van der Waals surface area contributed by atoms with Crippen molar-refractivity contribution in [1.82, 2.24) is 9.88 Å². The molecule has 6 heteroatoms. The molecule has 0 radical (unpaired) electrons. The van der Waals surface area contributed by atoms with Crippen molar-refractivity contribution in [1.29, 1.82) is 0 Å². The molecule has 2 aromatic rings. The Morgan fingerprint density at radius 1 is 1.38 bits per heavy atom. The molecule has 0 spiro atoms. The number of hydrogen-bond acceptors (Lipinski definition) is 4. The fourth-order valence-corrected chi connectivity index (χ4v) is 2.95. The van der Waals surface area contributed by atoms with Crippen molar-refractivity contribution in [2.24, 2.45) is 5.16 Å². The van der Waals surface area contributed by atoms with Crippen LogP contribution in [0, 0.1) is 5.82 Å². The summed E-state index contributed by atoms with van der Waals surface area (Å²) in [6, 6.07) is 10.3. The molecular weight excluding hydrogens is 309 g/mol. The van der Waals surface area contributed by atoms with Crippen molar-refractivity contribution >= 4 is 5.84 Å². The molecule has 0 aliphatic carbocycles. The van der Waals surface area contributed by atoms with Crippen LogP contribution in [0.1, 0.15) is 30.9 Å². The third-order valence-electron chi connectivity index (χ3n) is 4.25. The van der Waals surface area contributed by atoms with E-state index in [4.69, 9.17) is 4.74 Å². The molecule has 0 saturated carbocycles. The quantitative estimate of drug-likeness (QED) is 0.404. The van der Waals surface area contributed by atoms with Gasteiger partial charge in [0.25, 0.3) is 0 Å². The zero-order valence-electron chi connectivity index (χ0n) is 13.5. The Labute approximate surface area is 140 Å². The Morgan fingerprint density at radius 3 is 2.92 bits per heavy atom. The van der Waals surface area contributed by atoms with Gasteiger partial charge < -0.3 is 14.8 Å². The lowest BCUT2D eigenvalue weighted by molar-refractivity contribution is 0.281. The Bertz CT molecular complexity index is 736. The van der Waals surface area contributed by atoms with Gasteiger partial charge >= 0.3 is 0 Å². The average molecular weight is 329 g/mol. The summed E-state index contributed by atoms with van der Waals surface area (Å²) in [6.45, 7) is 2.97. The van der Waals surface area contributed by atoms with Crippen LogP contribution in [0.4, 0.5) is 4.39 Å². The first-order valence-corrected chi connectivity index (χ1v) is 8.01. The van der Waals surface area contributed by atoms with Crippen molar-refractivity contribution < 1.29 is 14.3 Å². The molecular formula is C18H20FN3O2. The van der Waals surface area contributed by atoms with E-state index in [1.807, 2.05) is 4.90 Å². The van der Waals surface area contributed by atoms with Crippen LogP contribution in [0.5, 0.6) is 5.88 Å². The molecule has 1 aliphatic rings. The van der Waals surface area contributed by atoms with Gasteiger partial charge in [-0.1, -0.05) is 23.4 Å². The molecule has 3 rings (SSSR count). The van der Waals surface area contributed by atoms with Gasteiger partial charge in [0.1, 0.15) is 12.4 Å². The highest BCUT2D eigenvalue weighted by Gasteiger charge is 2.27. The van der Waals surface area contributed by atoms with Crippen LogP contribution in [0.25, 0.3) is 0 Å². The summed E-state index contributed by atoms with van der Waals surface area (Å²) in [4.78, 5) is 6.26. The van der Waals surface area contributed by atoms with Crippen molar-refractivity contribution in [2.75, 3.05) is 6.54 Å². The molecule has 1 aromatic carbocycles. The number of pyridine rings is 1. The number of rotatable bonds is 4. The molecule has 126 valence electrons. The Hall–Kier alpha value is -2.63. The van der Waals surface area contributed by atoms with Gasteiger partial charge in [-0.15, -0.1) is 0 Å². The summed E-state index contributed by atoms with van der Waals surface area (Å²) in [5.74, 6) is 0.448. The maximum atomic E-state index is 13.7. The van der Waals surface area contributed by atoms with E-state index in [1.54, 1.807) is 36.5 Å². The summed E-state index contributed by atoms with van der Waals surface area (Å²) in [5, 5.41) is 13.0. The minimum atomic E-state index is -0.320. The van der Waals surface area contributed by atoms with E-state index in [-0.39, 0.29) is 18.5 Å². The average Bonchev–Trinajstić information content (AvgIpc) is 3.02. The number of halogens is 1. The smallest absolute Gasteiger partial charge is 0.224 e. The standard InChI is InChI=1S/C18H20FN3O2/c1-13-6-5-11-22(13)17(21-23)15-8-4-10-20-18(15)24-12-14-7-2-3-9-16(14)19/h2-4,7-10,13,23H,5-6,11-12H2,1H3/b21-17-. The number of aromatic nitrogens is 1. The van der Waals surface area contributed by atoms with Gasteiger partial charge in [0, 0.05) is 24.3 Å². The molecule has 1 N–H and O–H groups in total. The lowest BCUT2D eigenvalue weighted by atomic mass is 10.2. The number of benzene rings is 1. The number of amidine groups is 1. The fourth-order valence-electron chi connectivity index (χ4n) is 2.95. The normalized spacial score (nSPS) is 18.0. The molecule has 2 heterocycles. The van der Waals surface area contributed by atoms with E-state index >= 15 is 0 Å². The summed E-state index contributed by atoms with van der Waals surface area (Å²) < 4.78 is 19.5. The molecule has 5 nitrogen and oxygen atoms in total. The van der Waals surface area contributed by atoms with Crippen molar-refractivity contribution in [2.45, 2.75) is 32.4 Å². The maximum Gasteiger partial charge on any atom is 0.224 e. The second kappa shape index (κ2) is 7.29. The van der Waals surface area contributed by atoms with Crippen molar-refractivity contribution in [3.8, 4) is 5.88 Å². The Kier molecular flexibility index (Phi) is 4.93. The highest BCUT2D eigenvalue weighted by Crippen LogP contribution is 2.24. The van der Waals surface area contributed by atoms with Crippen LogP contribution in [0.15, 0.2) is 47.8 Å². The SMILES string of the molecule is CC1CCCN1/C(=N\O)c1cccnc1OCc1ccccc1F. The molecule has 1 aliphatic heterocycles. The van der Waals surface area contributed by atoms with Crippen LogP contribution in [0.2, 0.25) is 0 Å². The summed E-state index contributed by atoms with van der Waals surface area (Å²) >= 11 is 0. The number of likely N-dealkylation sites (tertiary alicyclic amines) is 1. The van der Waals surface area contributed by atoms with Crippen molar-refractivity contribution in [3.63, 3.8) is 0 Å². The zero-order valence-corrected chi connectivity index (χ0v) is 13.5. The monoisotopic (exact) mass is 329 g/mol. The molecule has 1 saturated heterocycles. The second-order valence-corrected chi connectivity index (χ2v) is 5.84. The lowest BCUT2D eigenvalue weighted by Gasteiger charge is -2.25. The molecule has 0 bridgehead atoms. The van der Waals surface area contributed by atoms with E-state index in [2.05, 4.69) is 17.1 Å². The summed E-state index contributed by atoms with van der Waals surface area (Å²) in [7, 11) is 0. The topological polar surface area (TPSA) is 58.0 Å². The van der Waals surface area contributed by atoms with Crippen LogP contribution in [-0.4, -0.2) is 33.5 Å². The van der Waals surface area contributed by atoms with Gasteiger partial charge in [0.05, 0.1) is 5.56 Å². The summed E-state index contributed by atoms with van der Waals surface area (Å²) in [5.41, 5.74) is 1.05. The van der Waals surface area contributed by atoms with Gasteiger partial charge in [0.2, 0.25) is 5.88 Å². The number of oxime groups is 1. The number of hydrogen-bond donors (Lipinski definition) is 1. The van der Waals surface area contributed by atoms with E-state index in [0.717, 1.165) is 19.4 Å². The van der Waals surface area contributed by atoms with Crippen LogP contribution >= 0.6 is 0 Å². The minimum Gasteiger partial charge on any atom is -0.472 e. The van der Waals surface area contributed by atoms with Gasteiger partial charge in [-0.25, -0.2) is 9.37 Å². The van der Waals surface area contributed by atoms with Crippen LogP contribution in [-0.2, 0) is 6.61 Å². The number of ether oxygens (including phenoxy) is 1. The Balaban J connectivity index is 1.83. The summed E-state index contributed by atoms with van der Waals surface area (Å²) in [6.07, 6.45) is 3.69. The lowest BCUT2D eigenvalue weighted by Crippen LogP contribution is -2.34. The minimum absolute atomic E-state index is 0.0605. The highest BCUT2D eigenvalue weighted by atomic mass is 19.1. The third kappa shape index (κ3) is 3.32. The first kappa shape index (κ1) is 16.2. The largest absolute Gasteiger partial charge is 0.472 e. The predicted octanol–water partition coefficient (Wildman–Crippen LogP) is 3.42. The van der Waals surface area contributed by atoms with Gasteiger partial charge in [-0.2, -0.15) is 0 Å². The van der Waals surface area contributed by atoms with Gasteiger partial charge in [-0.3, -0.25) is 0 Å². The number of nitrogens with zero attached hydrogens (tertiary/aromatic N) is 3. The first-order chi connectivity index (χ1) is 11.7. The molecule has 1 aromatic heterocycles. The molecule has 1 fully saturated rings. The van der Waals surface area contributed by atoms with Crippen molar-refractivity contribution in [3.05, 3.63) is 59.5 Å². The highest BCUT2D eigenvalue weighted by molar-refractivity contribution is 6.00. The zero-order chi connectivity index (χ0) is 16.9. The van der Waals surface area contributed by atoms with Gasteiger partial charge in [-0.05, 0) is 38.0 Å². The van der Waals surface area contributed by atoms with Crippen LogP contribution in [0.3, 0.4) is 0 Å². The third-order valence-corrected chi connectivity index (χ3v) is 4.25. The second-order valence-electron chi connectivity index (χ2n) is 5.84. The van der Waals surface area contributed by atoms with Crippen LogP contribution < -0.4 is 4.74 Å². The van der Waals surface area contributed by atoms with E-state index in [1.165, 1.54) is 6.07 Å². The predicted molar refractivity (Wildman–Crippen MR) is 88.7 cm³/mol. The van der Waals surface area contributed by atoms with E-state index < -0.39 is 0 Å². The first-order valence-electron chi connectivity index (χ1n) is 8.01. The molecule has 0 amide bonds. The molecule has 1 unspecified atom stereocenters. The molecule has 24 heavy (non-hydrogen) atoms.